The topological polar surface area (TPSA) is 20.3 Å². The smallest absolute Gasteiger partial charge is 0.261 e. The molecule has 0 radical (unpaired) electrons. The summed E-state index contributed by atoms with van der Waals surface area (Å²) in [6, 6.07) is 11.1. The highest BCUT2D eigenvalue weighted by molar-refractivity contribution is 7.99. The minimum atomic E-state index is -1.09. The molecule has 2 aromatic rings. The van der Waals surface area contributed by atoms with E-state index >= 15 is 0 Å². The van der Waals surface area contributed by atoms with Crippen LogP contribution < -0.4 is 4.90 Å². The fraction of sp³-hybridized carbons (Fsp3) is 0.133. The number of halogens is 2. The third kappa shape index (κ3) is 2.18. The van der Waals surface area contributed by atoms with Gasteiger partial charge in [0.05, 0.1) is 11.3 Å². The van der Waals surface area contributed by atoms with Crippen molar-refractivity contribution < 1.29 is 13.6 Å². The molecule has 0 aromatic heterocycles. The van der Waals surface area contributed by atoms with Gasteiger partial charge >= 0.3 is 0 Å². The maximum Gasteiger partial charge on any atom is 0.261 e. The van der Waals surface area contributed by atoms with Gasteiger partial charge in [0.2, 0.25) is 0 Å². The number of nitrogens with zero attached hydrogens (tertiary/aromatic N) is 1. The van der Waals surface area contributed by atoms with E-state index in [2.05, 4.69) is 0 Å². The van der Waals surface area contributed by atoms with Gasteiger partial charge in [-0.05, 0) is 24.3 Å². The molecule has 0 fully saturated rings. The highest BCUT2D eigenvalue weighted by Gasteiger charge is 2.26. The molecule has 0 saturated carbocycles. The molecule has 2 aromatic carbocycles. The lowest BCUT2D eigenvalue weighted by Crippen LogP contribution is -2.36. The van der Waals surface area contributed by atoms with Crippen LogP contribution in [-0.2, 0) is 0 Å². The second-order valence-corrected chi connectivity index (χ2v) is 5.51. The van der Waals surface area contributed by atoms with Crippen LogP contribution in [0.1, 0.15) is 10.4 Å². The maximum absolute atomic E-state index is 13.8. The summed E-state index contributed by atoms with van der Waals surface area (Å²) in [6.07, 6.45) is 0. The van der Waals surface area contributed by atoms with E-state index in [0.29, 0.717) is 6.54 Å². The quantitative estimate of drug-likeness (QED) is 0.798. The number of carbonyl (C=O) groups excluding carboxylic acids is 1. The first-order chi connectivity index (χ1) is 9.68. The lowest BCUT2D eigenvalue weighted by atomic mass is 10.1. The Morgan fingerprint density at radius 3 is 2.75 bits per heavy atom. The van der Waals surface area contributed by atoms with Gasteiger partial charge in [-0.3, -0.25) is 4.79 Å². The second-order valence-electron chi connectivity index (χ2n) is 4.37. The number of rotatable bonds is 1. The molecule has 0 atom stereocenters. The zero-order chi connectivity index (χ0) is 14.1. The average Bonchev–Trinajstić information content (AvgIpc) is 2.49. The van der Waals surface area contributed by atoms with Crippen LogP contribution in [0.2, 0.25) is 0 Å². The normalized spacial score (nSPS) is 14.0. The number of hydrogen-bond acceptors (Lipinski definition) is 2. The van der Waals surface area contributed by atoms with Gasteiger partial charge in [0.15, 0.2) is 11.6 Å². The van der Waals surface area contributed by atoms with Crippen molar-refractivity contribution in [1.82, 2.24) is 0 Å². The number of benzene rings is 2. The molecular weight excluding hydrogens is 280 g/mol. The molecule has 0 aliphatic carbocycles. The lowest BCUT2D eigenvalue weighted by molar-refractivity contribution is 0.0983. The summed E-state index contributed by atoms with van der Waals surface area (Å²) >= 11 is 1.65. The first kappa shape index (κ1) is 13.1. The molecule has 0 bridgehead atoms. The van der Waals surface area contributed by atoms with E-state index in [1.54, 1.807) is 11.8 Å². The van der Waals surface area contributed by atoms with Crippen molar-refractivity contribution in [2.24, 2.45) is 0 Å². The van der Waals surface area contributed by atoms with Crippen molar-refractivity contribution in [2.75, 3.05) is 17.2 Å². The third-order valence-corrected chi connectivity index (χ3v) is 4.20. The van der Waals surface area contributed by atoms with Gasteiger partial charge in [-0.2, -0.15) is 0 Å². The highest BCUT2D eigenvalue weighted by Crippen LogP contribution is 2.35. The number of thioether (sulfide) groups is 1. The van der Waals surface area contributed by atoms with Crippen LogP contribution in [0, 0.1) is 11.6 Å². The lowest BCUT2D eigenvalue weighted by Gasteiger charge is -2.29. The van der Waals surface area contributed by atoms with E-state index in [4.69, 9.17) is 0 Å². The zero-order valence-corrected chi connectivity index (χ0v) is 11.3. The first-order valence-corrected chi connectivity index (χ1v) is 7.15. The Morgan fingerprint density at radius 1 is 1.10 bits per heavy atom. The number of para-hydroxylation sites is 1. The molecule has 102 valence electrons. The summed E-state index contributed by atoms with van der Waals surface area (Å²) < 4.78 is 27.0. The highest BCUT2D eigenvalue weighted by atomic mass is 32.2. The predicted octanol–water partition coefficient (Wildman–Crippen LogP) is 3.72. The van der Waals surface area contributed by atoms with Crippen LogP contribution in [0.5, 0.6) is 0 Å². The van der Waals surface area contributed by atoms with E-state index in [-0.39, 0.29) is 5.56 Å². The van der Waals surface area contributed by atoms with Crippen LogP contribution in [0.15, 0.2) is 47.4 Å². The summed E-state index contributed by atoms with van der Waals surface area (Å²) in [5.74, 6) is -1.86. The average molecular weight is 291 g/mol. The predicted molar refractivity (Wildman–Crippen MR) is 75.2 cm³/mol. The molecule has 0 spiro atoms. The monoisotopic (exact) mass is 291 g/mol. The Kier molecular flexibility index (Phi) is 3.44. The van der Waals surface area contributed by atoms with E-state index < -0.39 is 17.5 Å². The first-order valence-electron chi connectivity index (χ1n) is 6.16. The summed E-state index contributed by atoms with van der Waals surface area (Å²) in [4.78, 5) is 14.9. The summed E-state index contributed by atoms with van der Waals surface area (Å²) in [5.41, 5.74) is 0.518. The minimum absolute atomic E-state index is 0.230. The van der Waals surface area contributed by atoms with Gasteiger partial charge in [-0.15, -0.1) is 11.8 Å². The number of amides is 1. The van der Waals surface area contributed by atoms with Gasteiger partial charge in [0.1, 0.15) is 0 Å². The van der Waals surface area contributed by atoms with Crippen LogP contribution in [0.4, 0.5) is 14.5 Å². The minimum Gasteiger partial charge on any atom is -0.306 e. The molecule has 5 heteroatoms. The summed E-state index contributed by atoms with van der Waals surface area (Å²) in [7, 11) is 0. The summed E-state index contributed by atoms with van der Waals surface area (Å²) in [5, 5.41) is 0. The van der Waals surface area contributed by atoms with Gasteiger partial charge in [0, 0.05) is 17.2 Å². The summed E-state index contributed by atoms with van der Waals surface area (Å²) in [6.45, 7) is 0.483. The van der Waals surface area contributed by atoms with Crippen LogP contribution in [0.3, 0.4) is 0 Å². The second kappa shape index (κ2) is 5.25. The molecule has 1 heterocycles. The number of carbonyl (C=O) groups is 1. The van der Waals surface area contributed by atoms with Crippen LogP contribution in [-0.4, -0.2) is 18.2 Å². The molecule has 0 N–H and O–H groups in total. The Balaban J connectivity index is 2.02. The molecule has 0 unspecified atom stereocenters. The number of fused-ring (bicyclic) bond motifs is 1. The third-order valence-electron chi connectivity index (χ3n) is 3.16. The molecular formula is C15H11F2NOS. The van der Waals surface area contributed by atoms with Crippen LogP contribution in [0.25, 0.3) is 0 Å². The van der Waals surface area contributed by atoms with Gasteiger partial charge in [-0.25, -0.2) is 8.78 Å². The Bertz CT molecular complexity index is 675. The Morgan fingerprint density at radius 2 is 1.90 bits per heavy atom. The molecule has 20 heavy (non-hydrogen) atoms. The standard InChI is InChI=1S/C15H11F2NOS/c16-11-5-3-4-10(14(11)17)15(19)18-8-9-20-13-7-2-1-6-12(13)18/h1-7H,8-9H2. The van der Waals surface area contributed by atoms with Gasteiger partial charge < -0.3 is 4.90 Å². The SMILES string of the molecule is O=C(c1cccc(F)c1F)N1CCSc2ccccc21. The zero-order valence-electron chi connectivity index (χ0n) is 10.5. The molecule has 0 saturated heterocycles. The fourth-order valence-corrected chi connectivity index (χ4v) is 3.19. The van der Waals surface area contributed by atoms with Crippen molar-refractivity contribution >= 4 is 23.4 Å². The van der Waals surface area contributed by atoms with Gasteiger partial charge in [-0.1, -0.05) is 18.2 Å². The number of anilines is 1. The van der Waals surface area contributed by atoms with E-state index in [9.17, 15) is 13.6 Å². The largest absolute Gasteiger partial charge is 0.306 e. The molecule has 1 aliphatic rings. The molecule has 2 nitrogen and oxygen atoms in total. The van der Waals surface area contributed by atoms with E-state index in [1.807, 2.05) is 24.3 Å². The van der Waals surface area contributed by atoms with Gasteiger partial charge in [0.25, 0.3) is 5.91 Å². The van der Waals surface area contributed by atoms with E-state index in [0.717, 1.165) is 22.4 Å². The van der Waals surface area contributed by atoms with Crippen molar-refractivity contribution in [3.8, 4) is 0 Å². The molecule has 1 amide bonds. The van der Waals surface area contributed by atoms with E-state index in [1.165, 1.54) is 17.0 Å². The Hall–Kier alpha value is -1.88. The maximum atomic E-state index is 13.8. The van der Waals surface area contributed by atoms with Crippen LogP contribution >= 0.6 is 11.8 Å². The molecule has 1 aliphatic heterocycles. The Labute approximate surface area is 119 Å². The number of hydrogen-bond donors (Lipinski definition) is 0. The van der Waals surface area contributed by atoms with Crippen molar-refractivity contribution in [3.63, 3.8) is 0 Å². The van der Waals surface area contributed by atoms with Crippen molar-refractivity contribution in [1.29, 1.82) is 0 Å². The van der Waals surface area contributed by atoms with Crippen molar-refractivity contribution in [3.05, 3.63) is 59.7 Å². The fourth-order valence-electron chi connectivity index (χ4n) is 2.19. The molecule has 3 rings (SSSR count). The van der Waals surface area contributed by atoms with Crippen molar-refractivity contribution in [2.45, 2.75) is 4.90 Å².